The van der Waals surface area contributed by atoms with Crippen LogP contribution in [0.2, 0.25) is 0 Å². The molecule has 1 heterocycles. The zero-order chi connectivity index (χ0) is 14.6. The van der Waals surface area contributed by atoms with E-state index < -0.39 is 0 Å². The van der Waals surface area contributed by atoms with Crippen LogP contribution in [0.3, 0.4) is 0 Å². The number of benzene rings is 1. The average Bonchev–Trinajstić information content (AvgIpc) is 2.45. The van der Waals surface area contributed by atoms with Crippen molar-refractivity contribution in [3.05, 3.63) is 35.9 Å². The summed E-state index contributed by atoms with van der Waals surface area (Å²) in [4.78, 5) is 2.49. The summed E-state index contributed by atoms with van der Waals surface area (Å²) in [7, 11) is 1.94. The predicted octanol–water partition coefficient (Wildman–Crippen LogP) is 2.22. The normalized spacial score (nSPS) is 22.4. The van der Waals surface area contributed by atoms with E-state index in [1.54, 1.807) is 0 Å². The second kappa shape index (κ2) is 6.25. The molecule has 0 aliphatic carbocycles. The third-order valence-electron chi connectivity index (χ3n) is 4.55. The number of rotatable bonds is 5. The first-order chi connectivity index (χ1) is 9.51. The third-order valence-corrected chi connectivity index (χ3v) is 4.55. The fraction of sp³-hybridized carbons (Fsp3) is 0.647. The van der Waals surface area contributed by atoms with Gasteiger partial charge < -0.3 is 15.3 Å². The number of hydrogen-bond acceptors (Lipinski definition) is 3. The number of likely N-dealkylation sites (N-methyl/N-ethyl adjacent to an activating group) is 1. The van der Waals surface area contributed by atoms with Gasteiger partial charge in [-0.25, -0.2) is 0 Å². The summed E-state index contributed by atoms with van der Waals surface area (Å²) >= 11 is 0. The molecule has 2 N–H and O–H groups in total. The van der Waals surface area contributed by atoms with Gasteiger partial charge in [-0.15, -0.1) is 0 Å². The number of piperidine rings is 1. The Morgan fingerprint density at radius 3 is 2.55 bits per heavy atom. The number of likely N-dealkylation sites (tertiary alicyclic amines) is 1. The largest absolute Gasteiger partial charge is 0.394 e. The van der Waals surface area contributed by atoms with Crippen molar-refractivity contribution >= 4 is 0 Å². The lowest BCUT2D eigenvalue weighted by atomic mass is 9.82. The Kier molecular flexibility index (Phi) is 4.84. The lowest BCUT2D eigenvalue weighted by molar-refractivity contribution is 0.0605. The Bertz CT molecular complexity index is 412. The van der Waals surface area contributed by atoms with E-state index in [0.29, 0.717) is 5.41 Å². The van der Waals surface area contributed by atoms with Crippen molar-refractivity contribution in [2.45, 2.75) is 32.2 Å². The zero-order valence-corrected chi connectivity index (χ0v) is 13.0. The van der Waals surface area contributed by atoms with E-state index in [9.17, 15) is 5.11 Å². The topological polar surface area (TPSA) is 35.5 Å². The van der Waals surface area contributed by atoms with E-state index >= 15 is 0 Å². The van der Waals surface area contributed by atoms with Crippen LogP contribution in [-0.4, -0.2) is 43.3 Å². The maximum atomic E-state index is 10.0. The summed E-state index contributed by atoms with van der Waals surface area (Å²) in [6.07, 6.45) is 2.54. The third kappa shape index (κ3) is 3.40. The molecular formula is C17H28N2O. The molecule has 0 saturated carbocycles. The summed E-state index contributed by atoms with van der Waals surface area (Å²) in [6.45, 7) is 7.87. The van der Waals surface area contributed by atoms with E-state index in [0.717, 1.165) is 25.2 Å². The Hall–Kier alpha value is -0.900. The molecule has 2 rings (SSSR count). The Labute approximate surface area is 123 Å². The quantitative estimate of drug-likeness (QED) is 0.865. The molecule has 1 aliphatic rings. The average molecular weight is 276 g/mol. The standard InChI is InChI=1S/C17H28N2O/c1-16(2)10-7-11-19(12-16)13-17(14-20,18-3)15-8-5-4-6-9-15/h4-6,8-9,18,20H,7,10-14H2,1-3H3. The molecule has 0 radical (unpaired) electrons. The smallest absolute Gasteiger partial charge is 0.0795 e. The summed E-state index contributed by atoms with van der Waals surface area (Å²) < 4.78 is 0. The lowest BCUT2D eigenvalue weighted by Gasteiger charge is -2.43. The number of nitrogens with zero attached hydrogens (tertiary/aromatic N) is 1. The molecule has 1 aliphatic heterocycles. The van der Waals surface area contributed by atoms with E-state index in [1.807, 2.05) is 25.2 Å². The zero-order valence-electron chi connectivity index (χ0n) is 13.0. The number of aliphatic hydroxyl groups excluding tert-OH is 1. The van der Waals surface area contributed by atoms with Crippen molar-refractivity contribution in [1.82, 2.24) is 10.2 Å². The first-order valence-corrected chi connectivity index (χ1v) is 7.59. The van der Waals surface area contributed by atoms with Gasteiger partial charge in [-0.1, -0.05) is 44.2 Å². The van der Waals surface area contributed by atoms with Crippen LogP contribution >= 0.6 is 0 Å². The molecule has 3 nitrogen and oxygen atoms in total. The molecule has 0 aromatic heterocycles. The summed E-state index contributed by atoms with van der Waals surface area (Å²) in [5.74, 6) is 0. The van der Waals surface area contributed by atoms with Crippen molar-refractivity contribution in [1.29, 1.82) is 0 Å². The summed E-state index contributed by atoms with van der Waals surface area (Å²) in [6, 6.07) is 10.3. The highest BCUT2D eigenvalue weighted by Crippen LogP contribution is 2.31. The highest BCUT2D eigenvalue weighted by atomic mass is 16.3. The molecule has 1 unspecified atom stereocenters. The molecule has 0 amide bonds. The molecule has 0 spiro atoms. The molecule has 1 atom stereocenters. The van der Waals surface area contributed by atoms with E-state index in [2.05, 4.69) is 36.2 Å². The molecule has 1 fully saturated rings. The minimum Gasteiger partial charge on any atom is -0.394 e. The molecule has 112 valence electrons. The maximum Gasteiger partial charge on any atom is 0.0795 e. The molecule has 1 aromatic carbocycles. The van der Waals surface area contributed by atoms with Gasteiger partial charge in [-0.3, -0.25) is 0 Å². The first-order valence-electron chi connectivity index (χ1n) is 7.59. The van der Waals surface area contributed by atoms with Gasteiger partial charge in [-0.2, -0.15) is 0 Å². The first kappa shape index (κ1) is 15.5. The fourth-order valence-corrected chi connectivity index (χ4v) is 3.35. The Balaban J connectivity index is 2.17. The van der Waals surface area contributed by atoms with Gasteiger partial charge in [-0.05, 0) is 37.4 Å². The number of nitrogens with one attached hydrogen (secondary N) is 1. The van der Waals surface area contributed by atoms with E-state index in [4.69, 9.17) is 0 Å². The molecule has 1 aromatic rings. The highest BCUT2D eigenvalue weighted by molar-refractivity contribution is 5.25. The van der Waals surface area contributed by atoms with E-state index in [-0.39, 0.29) is 12.1 Å². The van der Waals surface area contributed by atoms with Crippen LogP contribution in [0.25, 0.3) is 0 Å². The van der Waals surface area contributed by atoms with Crippen molar-refractivity contribution in [3.63, 3.8) is 0 Å². The lowest BCUT2D eigenvalue weighted by Crippen LogP contribution is -2.55. The minimum absolute atomic E-state index is 0.116. The summed E-state index contributed by atoms with van der Waals surface area (Å²) in [5.41, 5.74) is 1.17. The van der Waals surface area contributed by atoms with Gasteiger partial charge in [0.2, 0.25) is 0 Å². The van der Waals surface area contributed by atoms with Gasteiger partial charge in [0.25, 0.3) is 0 Å². The monoisotopic (exact) mass is 276 g/mol. The predicted molar refractivity (Wildman–Crippen MR) is 83.7 cm³/mol. The molecule has 0 bridgehead atoms. The molecule has 20 heavy (non-hydrogen) atoms. The Morgan fingerprint density at radius 1 is 1.30 bits per heavy atom. The highest BCUT2D eigenvalue weighted by Gasteiger charge is 2.35. The van der Waals surface area contributed by atoms with Crippen LogP contribution < -0.4 is 5.32 Å². The van der Waals surface area contributed by atoms with Gasteiger partial charge >= 0.3 is 0 Å². The van der Waals surface area contributed by atoms with Crippen LogP contribution in [0.5, 0.6) is 0 Å². The second-order valence-corrected chi connectivity index (χ2v) is 6.83. The molecule has 3 heteroatoms. The maximum absolute atomic E-state index is 10.0. The Morgan fingerprint density at radius 2 is 2.00 bits per heavy atom. The van der Waals surface area contributed by atoms with Crippen LogP contribution in [0.15, 0.2) is 30.3 Å². The summed E-state index contributed by atoms with van der Waals surface area (Å²) in [5, 5.41) is 13.4. The van der Waals surface area contributed by atoms with Gasteiger partial charge in [0.15, 0.2) is 0 Å². The fourth-order valence-electron chi connectivity index (χ4n) is 3.35. The van der Waals surface area contributed by atoms with Gasteiger partial charge in [0, 0.05) is 13.1 Å². The van der Waals surface area contributed by atoms with Crippen LogP contribution in [0.4, 0.5) is 0 Å². The SMILES string of the molecule is CNC(CO)(CN1CCCC(C)(C)C1)c1ccccc1. The van der Waals surface area contributed by atoms with Crippen molar-refractivity contribution in [3.8, 4) is 0 Å². The van der Waals surface area contributed by atoms with E-state index in [1.165, 1.54) is 12.8 Å². The number of aliphatic hydroxyl groups is 1. The van der Waals surface area contributed by atoms with Crippen LogP contribution in [-0.2, 0) is 5.54 Å². The van der Waals surface area contributed by atoms with Crippen molar-refractivity contribution in [2.75, 3.05) is 33.3 Å². The minimum atomic E-state index is -0.366. The molecular weight excluding hydrogens is 248 g/mol. The van der Waals surface area contributed by atoms with Crippen molar-refractivity contribution in [2.24, 2.45) is 5.41 Å². The van der Waals surface area contributed by atoms with Crippen molar-refractivity contribution < 1.29 is 5.11 Å². The van der Waals surface area contributed by atoms with Crippen LogP contribution in [0, 0.1) is 5.41 Å². The molecule has 1 saturated heterocycles. The second-order valence-electron chi connectivity index (χ2n) is 6.83. The van der Waals surface area contributed by atoms with Crippen LogP contribution in [0.1, 0.15) is 32.3 Å². The van der Waals surface area contributed by atoms with Gasteiger partial charge in [0.1, 0.15) is 0 Å². The number of hydrogen-bond donors (Lipinski definition) is 2. The van der Waals surface area contributed by atoms with Gasteiger partial charge in [0.05, 0.1) is 12.1 Å².